The van der Waals surface area contributed by atoms with Crippen LogP contribution in [-0.2, 0) is 18.9 Å². The lowest BCUT2D eigenvalue weighted by molar-refractivity contribution is -0.0291. The van der Waals surface area contributed by atoms with Gasteiger partial charge in [0.2, 0.25) is 0 Å². The van der Waals surface area contributed by atoms with Gasteiger partial charge in [-0.25, -0.2) is 19.2 Å². The molecule has 0 unspecified atom stereocenters. The molecule has 5 rings (SSSR count). The zero-order valence-electron chi connectivity index (χ0n) is 38.1. The second kappa shape index (κ2) is 26.0. The van der Waals surface area contributed by atoms with Gasteiger partial charge in [-0.15, -0.1) is 0 Å². The minimum Gasteiger partial charge on any atom is -0.462 e. The zero-order chi connectivity index (χ0) is 44.0. The summed E-state index contributed by atoms with van der Waals surface area (Å²) in [5.41, 5.74) is 2.93. The summed E-state index contributed by atoms with van der Waals surface area (Å²) in [6, 6.07) is 21.9. The van der Waals surface area contributed by atoms with Crippen molar-refractivity contribution in [2.75, 3.05) is 13.2 Å². The minimum atomic E-state index is -0.492. The fraction of sp³-hybridized carbons (Fsp3) is 0.577. The standard InChI is InChI=1S/C22H30O4.C22H34O4.C8H10/c23-21(25-15-17-9-3-1-4-10-17)19-13-7-8-14-20(19)22(24)26-16-18-11-5-2-6-12-18;1-7-21(8-2,9-3)25-19(23)17-15-13-14-16-18(17)20(24)26-22(10-4,11-5)12-6;1-7-5-3-4-6-8(7)2/h7-8,13-14,17-18H,1-6,9-12,15-16H2;13-16H,7-12H2,1-6H3;3-6H,1-2H3. The molecular formula is C52H74O8. The summed E-state index contributed by atoms with van der Waals surface area (Å²) in [6.45, 7) is 17.2. The summed E-state index contributed by atoms with van der Waals surface area (Å²) in [5, 5.41) is 0. The quantitative estimate of drug-likeness (QED) is 0.104. The molecule has 0 spiro atoms. The van der Waals surface area contributed by atoms with Crippen molar-refractivity contribution < 1.29 is 38.1 Å². The topological polar surface area (TPSA) is 105 Å². The molecule has 0 heterocycles. The summed E-state index contributed by atoms with van der Waals surface area (Å²) >= 11 is 0. The molecule has 0 aromatic heterocycles. The normalized spacial score (nSPS) is 14.7. The summed E-state index contributed by atoms with van der Waals surface area (Å²) in [5.74, 6) is -0.839. The Morgan fingerprint density at radius 3 is 0.967 bits per heavy atom. The van der Waals surface area contributed by atoms with Crippen molar-refractivity contribution in [2.45, 2.75) is 169 Å². The molecule has 60 heavy (non-hydrogen) atoms. The Balaban J connectivity index is 0.000000270. The summed E-state index contributed by atoms with van der Waals surface area (Å²) in [4.78, 5) is 50.6. The van der Waals surface area contributed by atoms with E-state index in [1.807, 2.05) is 41.5 Å². The van der Waals surface area contributed by atoms with E-state index in [0.29, 0.717) is 36.2 Å². The van der Waals surface area contributed by atoms with E-state index in [9.17, 15) is 19.2 Å². The van der Waals surface area contributed by atoms with Crippen LogP contribution in [0.15, 0.2) is 72.8 Å². The maximum atomic E-state index is 12.8. The molecule has 3 aromatic rings. The summed E-state index contributed by atoms with van der Waals surface area (Å²) in [7, 11) is 0. The average Bonchev–Trinajstić information content (AvgIpc) is 3.30. The molecule has 0 saturated heterocycles. The average molecular weight is 827 g/mol. The molecule has 8 heteroatoms. The highest BCUT2D eigenvalue weighted by Crippen LogP contribution is 2.30. The van der Waals surface area contributed by atoms with Gasteiger partial charge in [-0.1, -0.05) is 129 Å². The van der Waals surface area contributed by atoms with E-state index in [-0.39, 0.29) is 11.1 Å². The molecule has 0 atom stereocenters. The molecule has 8 nitrogen and oxygen atoms in total. The van der Waals surface area contributed by atoms with Crippen LogP contribution in [0.3, 0.4) is 0 Å². The van der Waals surface area contributed by atoms with Gasteiger partial charge in [0.25, 0.3) is 0 Å². The van der Waals surface area contributed by atoms with Gasteiger partial charge in [0.1, 0.15) is 11.2 Å². The van der Waals surface area contributed by atoms with Crippen molar-refractivity contribution in [1.29, 1.82) is 0 Å². The smallest absolute Gasteiger partial charge is 0.339 e. The van der Waals surface area contributed by atoms with Crippen LogP contribution in [0.4, 0.5) is 0 Å². The van der Waals surface area contributed by atoms with Gasteiger partial charge >= 0.3 is 23.9 Å². The first-order valence-electron chi connectivity index (χ1n) is 22.9. The SMILES string of the molecule is CCC(CC)(CC)OC(=O)c1ccccc1C(=O)OC(CC)(CC)CC.Cc1ccccc1C.O=C(OCC1CCCCC1)c1ccccc1C(=O)OCC1CCCCC1. The van der Waals surface area contributed by atoms with Crippen LogP contribution >= 0.6 is 0 Å². The van der Waals surface area contributed by atoms with Crippen molar-refractivity contribution >= 4 is 23.9 Å². The first-order chi connectivity index (χ1) is 28.9. The Bertz CT molecular complexity index is 1620. The van der Waals surface area contributed by atoms with Crippen molar-refractivity contribution in [3.05, 3.63) is 106 Å². The maximum Gasteiger partial charge on any atom is 0.339 e. The molecule has 0 aliphatic heterocycles. The number of ether oxygens (including phenoxy) is 4. The Kier molecular flexibility index (Phi) is 21.6. The molecule has 2 aliphatic rings. The second-order valence-electron chi connectivity index (χ2n) is 16.6. The predicted molar refractivity (Wildman–Crippen MR) is 241 cm³/mol. The Hall–Kier alpha value is -4.46. The molecule has 2 aliphatic carbocycles. The summed E-state index contributed by atoms with van der Waals surface area (Å²) < 4.78 is 22.7. The lowest BCUT2D eigenvalue weighted by Crippen LogP contribution is -2.35. The lowest BCUT2D eigenvalue weighted by Gasteiger charge is -2.32. The van der Waals surface area contributed by atoms with Crippen molar-refractivity contribution in [3.63, 3.8) is 0 Å². The van der Waals surface area contributed by atoms with Gasteiger partial charge in [0, 0.05) is 0 Å². The fourth-order valence-electron chi connectivity index (χ4n) is 8.03. The number of benzene rings is 3. The van der Waals surface area contributed by atoms with Gasteiger partial charge < -0.3 is 18.9 Å². The minimum absolute atomic E-state index is 0.273. The van der Waals surface area contributed by atoms with Crippen LogP contribution in [0.5, 0.6) is 0 Å². The molecule has 0 bridgehead atoms. The highest BCUT2D eigenvalue weighted by molar-refractivity contribution is 6.04. The number of carbonyl (C=O) groups excluding carboxylic acids is 4. The third-order valence-corrected chi connectivity index (χ3v) is 13.0. The molecular weight excluding hydrogens is 753 g/mol. The van der Waals surface area contributed by atoms with Gasteiger partial charge in [0.05, 0.1) is 35.5 Å². The van der Waals surface area contributed by atoms with E-state index in [1.165, 1.54) is 49.7 Å². The molecule has 2 fully saturated rings. The predicted octanol–water partition coefficient (Wildman–Crippen LogP) is 13.4. The largest absolute Gasteiger partial charge is 0.462 e. The Labute approximate surface area is 361 Å². The Morgan fingerprint density at radius 2 is 0.700 bits per heavy atom. The van der Waals surface area contributed by atoms with E-state index >= 15 is 0 Å². The number of hydrogen-bond acceptors (Lipinski definition) is 8. The first-order valence-corrected chi connectivity index (χ1v) is 22.9. The van der Waals surface area contributed by atoms with Gasteiger partial charge in [-0.05, 0) is 125 Å². The highest BCUT2D eigenvalue weighted by atomic mass is 16.6. The van der Waals surface area contributed by atoms with Crippen molar-refractivity contribution in [1.82, 2.24) is 0 Å². The Morgan fingerprint density at radius 1 is 0.433 bits per heavy atom. The van der Waals surface area contributed by atoms with Gasteiger partial charge in [0.15, 0.2) is 0 Å². The van der Waals surface area contributed by atoms with E-state index in [2.05, 4.69) is 38.1 Å². The summed E-state index contributed by atoms with van der Waals surface area (Å²) in [6.07, 6.45) is 16.3. The lowest BCUT2D eigenvalue weighted by atomic mass is 9.90. The number of hydrogen-bond donors (Lipinski definition) is 0. The maximum absolute atomic E-state index is 12.8. The van der Waals surface area contributed by atoms with E-state index in [0.717, 1.165) is 64.2 Å². The van der Waals surface area contributed by atoms with Crippen LogP contribution in [0.25, 0.3) is 0 Å². The van der Waals surface area contributed by atoms with E-state index < -0.39 is 35.1 Å². The van der Waals surface area contributed by atoms with Crippen LogP contribution in [0.1, 0.15) is 197 Å². The van der Waals surface area contributed by atoms with Crippen LogP contribution in [0, 0.1) is 25.7 Å². The van der Waals surface area contributed by atoms with Gasteiger partial charge in [-0.2, -0.15) is 0 Å². The highest BCUT2D eigenvalue weighted by Gasteiger charge is 2.33. The van der Waals surface area contributed by atoms with Crippen LogP contribution < -0.4 is 0 Å². The number of rotatable bonds is 16. The van der Waals surface area contributed by atoms with Crippen LogP contribution in [0.2, 0.25) is 0 Å². The third kappa shape index (κ3) is 15.2. The monoisotopic (exact) mass is 827 g/mol. The number of aryl methyl sites for hydroxylation is 2. The van der Waals surface area contributed by atoms with E-state index in [4.69, 9.17) is 18.9 Å². The molecule has 0 radical (unpaired) electrons. The second-order valence-corrected chi connectivity index (χ2v) is 16.6. The zero-order valence-corrected chi connectivity index (χ0v) is 38.1. The van der Waals surface area contributed by atoms with Crippen molar-refractivity contribution in [3.8, 4) is 0 Å². The third-order valence-electron chi connectivity index (χ3n) is 13.0. The molecule has 0 N–H and O–H groups in total. The fourth-order valence-corrected chi connectivity index (χ4v) is 8.03. The van der Waals surface area contributed by atoms with Crippen molar-refractivity contribution in [2.24, 2.45) is 11.8 Å². The molecule has 0 amide bonds. The molecule has 2 saturated carbocycles. The molecule has 3 aromatic carbocycles. The van der Waals surface area contributed by atoms with Crippen LogP contribution in [-0.4, -0.2) is 48.3 Å². The van der Waals surface area contributed by atoms with Gasteiger partial charge in [-0.3, -0.25) is 0 Å². The number of carbonyl (C=O) groups is 4. The van der Waals surface area contributed by atoms with E-state index in [1.54, 1.807) is 48.5 Å². The first kappa shape index (κ1) is 49.9. The molecule has 330 valence electrons. The number of esters is 4.